The van der Waals surface area contributed by atoms with Crippen molar-refractivity contribution in [3.8, 4) is 44.5 Å². The number of anilines is 4. The lowest BCUT2D eigenvalue weighted by Gasteiger charge is -2.50. The maximum atomic E-state index is 6.91. The Labute approximate surface area is 423 Å². The summed E-state index contributed by atoms with van der Waals surface area (Å²) in [5, 5.41) is 7.67. The average molecular weight is 937 g/mol. The highest BCUT2D eigenvalue weighted by Gasteiger charge is 2.62. The predicted octanol–water partition coefficient (Wildman–Crippen LogP) is 17.9. The lowest BCUT2D eigenvalue weighted by Crippen LogP contribution is -2.57. The molecule has 0 saturated heterocycles. The zero-order valence-corrected chi connectivity index (χ0v) is 41.8. The average Bonchev–Trinajstić information content (AvgIpc) is 3.82. The van der Waals surface area contributed by atoms with Crippen molar-refractivity contribution in [2.75, 3.05) is 24.0 Å². The number of methoxy groups -OCH3 is 2. The molecule has 354 valence electrons. The predicted molar refractivity (Wildman–Crippen MR) is 300 cm³/mol. The number of hydrogen-bond acceptors (Lipinski definition) is 4. The van der Waals surface area contributed by atoms with E-state index in [1.165, 1.54) is 124 Å². The van der Waals surface area contributed by atoms with E-state index in [0.717, 1.165) is 38.5 Å². The SMILES string of the molecule is COC12CCCCC1(C)N(c1ccccc1)c1ccc(-c3cc(-c4ccccc4)c4ccc5c(-c6ccc7c(c6)C6(OC)CCCCC6(C)N7c6ccccc6)cc(-c6ccccc6)c6ccc3c4c65)cc12. The van der Waals surface area contributed by atoms with Gasteiger partial charge in [-0.15, -0.1) is 0 Å². The second-order valence-corrected chi connectivity index (χ2v) is 21.6. The molecule has 2 aliphatic carbocycles. The van der Waals surface area contributed by atoms with Crippen molar-refractivity contribution in [2.24, 2.45) is 0 Å². The van der Waals surface area contributed by atoms with Crippen LogP contribution in [0.5, 0.6) is 0 Å². The normalized spacial score (nSPS) is 23.4. The van der Waals surface area contributed by atoms with Gasteiger partial charge in [0.25, 0.3) is 0 Å². The molecule has 2 fully saturated rings. The summed E-state index contributed by atoms with van der Waals surface area (Å²) in [4.78, 5) is 5.20. The second-order valence-electron chi connectivity index (χ2n) is 21.6. The van der Waals surface area contributed by atoms with E-state index in [4.69, 9.17) is 9.47 Å². The van der Waals surface area contributed by atoms with E-state index in [-0.39, 0.29) is 11.1 Å². The van der Waals surface area contributed by atoms with E-state index >= 15 is 0 Å². The molecule has 4 unspecified atom stereocenters. The summed E-state index contributed by atoms with van der Waals surface area (Å²) in [6.45, 7) is 4.88. The highest BCUT2D eigenvalue weighted by molar-refractivity contribution is 6.32. The van der Waals surface area contributed by atoms with Crippen LogP contribution in [-0.2, 0) is 20.7 Å². The Kier molecular flexibility index (Phi) is 9.76. The van der Waals surface area contributed by atoms with Crippen LogP contribution in [0.25, 0.3) is 76.8 Å². The van der Waals surface area contributed by atoms with E-state index in [1.807, 2.05) is 14.2 Å². The Morgan fingerprint density at radius 1 is 0.347 bits per heavy atom. The maximum Gasteiger partial charge on any atom is 0.118 e. The first-order chi connectivity index (χ1) is 35.3. The van der Waals surface area contributed by atoms with Crippen molar-refractivity contribution >= 4 is 55.1 Å². The van der Waals surface area contributed by atoms with Gasteiger partial charge in [0.15, 0.2) is 0 Å². The van der Waals surface area contributed by atoms with Crippen molar-refractivity contribution in [1.29, 1.82) is 0 Å². The van der Waals surface area contributed by atoms with Gasteiger partial charge in [0.1, 0.15) is 11.2 Å². The summed E-state index contributed by atoms with van der Waals surface area (Å²) < 4.78 is 13.8. The van der Waals surface area contributed by atoms with E-state index in [1.54, 1.807) is 0 Å². The van der Waals surface area contributed by atoms with Crippen LogP contribution in [0.1, 0.15) is 76.3 Å². The van der Waals surface area contributed by atoms with Crippen LogP contribution >= 0.6 is 0 Å². The largest absolute Gasteiger partial charge is 0.371 e. The van der Waals surface area contributed by atoms with Crippen LogP contribution in [0, 0.1) is 0 Å². The minimum Gasteiger partial charge on any atom is -0.371 e. The van der Waals surface area contributed by atoms with Gasteiger partial charge in [0.2, 0.25) is 0 Å². The third kappa shape index (κ3) is 5.82. The van der Waals surface area contributed by atoms with Gasteiger partial charge in [0.05, 0.1) is 11.1 Å². The number of ether oxygens (including phenoxy) is 2. The molecule has 2 aliphatic heterocycles. The molecule has 4 atom stereocenters. The van der Waals surface area contributed by atoms with Gasteiger partial charge in [-0.25, -0.2) is 0 Å². The first-order valence-corrected chi connectivity index (χ1v) is 26.3. The smallest absolute Gasteiger partial charge is 0.118 e. The van der Waals surface area contributed by atoms with Crippen LogP contribution in [0.15, 0.2) is 194 Å². The molecule has 2 heterocycles. The molecule has 0 aromatic heterocycles. The highest BCUT2D eigenvalue weighted by atomic mass is 16.5. The second kappa shape index (κ2) is 16.1. The Morgan fingerprint density at radius 2 is 0.681 bits per heavy atom. The number of hydrogen-bond donors (Lipinski definition) is 0. The van der Waals surface area contributed by atoms with E-state index < -0.39 is 11.2 Å². The number of fused-ring (bicyclic) bond motifs is 6. The molecule has 10 aromatic rings. The molecule has 0 bridgehead atoms. The Morgan fingerprint density at radius 3 is 1.04 bits per heavy atom. The molecule has 0 radical (unpaired) electrons. The summed E-state index contributed by atoms with van der Waals surface area (Å²) in [6.07, 6.45) is 8.72. The summed E-state index contributed by atoms with van der Waals surface area (Å²) in [5.74, 6) is 0. The quantitative estimate of drug-likeness (QED) is 0.142. The van der Waals surface area contributed by atoms with Crippen molar-refractivity contribution in [3.05, 3.63) is 205 Å². The van der Waals surface area contributed by atoms with Gasteiger partial charge in [-0.1, -0.05) is 159 Å². The molecule has 72 heavy (non-hydrogen) atoms. The van der Waals surface area contributed by atoms with Crippen LogP contribution in [-0.4, -0.2) is 25.3 Å². The number of rotatable bonds is 8. The van der Waals surface area contributed by atoms with Gasteiger partial charge in [0, 0.05) is 48.1 Å². The van der Waals surface area contributed by atoms with Gasteiger partial charge in [-0.05, 0) is 177 Å². The molecular formula is C68H60N2O2. The van der Waals surface area contributed by atoms with Crippen molar-refractivity contribution < 1.29 is 9.47 Å². The first kappa shape index (κ1) is 43.5. The van der Waals surface area contributed by atoms with Crippen LogP contribution in [0.3, 0.4) is 0 Å². The Bertz CT molecular complexity index is 3480. The van der Waals surface area contributed by atoms with Crippen LogP contribution < -0.4 is 9.80 Å². The minimum atomic E-state index is -0.456. The van der Waals surface area contributed by atoms with Crippen molar-refractivity contribution in [2.45, 2.75) is 87.5 Å². The summed E-state index contributed by atoms with van der Waals surface area (Å²) >= 11 is 0. The summed E-state index contributed by atoms with van der Waals surface area (Å²) in [7, 11) is 3.90. The fraction of sp³-hybridized carbons (Fsp3) is 0.235. The zero-order chi connectivity index (χ0) is 48.4. The molecule has 0 amide bonds. The van der Waals surface area contributed by atoms with Crippen LogP contribution in [0.2, 0.25) is 0 Å². The van der Waals surface area contributed by atoms with Crippen molar-refractivity contribution in [1.82, 2.24) is 0 Å². The van der Waals surface area contributed by atoms with Gasteiger partial charge in [-0.2, -0.15) is 0 Å². The Balaban J connectivity index is 1.04. The topological polar surface area (TPSA) is 24.9 Å². The first-order valence-electron chi connectivity index (χ1n) is 26.3. The highest BCUT2D eigenvalue weighted by Crippen LogP contribution is 2.64. The fourth-order valence-corrected chi connectivity index (χ4v) is 15.1. The molecule has 2 saturated carbocycles. The lowest BCUT2D eigenvalue weighted by atomic mass is 9.68. The molecule has 0 N–H and O–H groups in total. The number of para-hydroxylation sites is 2. The molecule has 4 heteroatoms. The van der Waals surface area contributed by atoms with Crippen LogP contribution in [0.4, 0.5) is 22.7 Å². The van der Waals surface area contributed by atoms with Gasteiger partial charge < -0.3 is 19.3 Å². The molecular weight excluding hydrogens is 877 g/mol. The number of nitrogens with zero attached hydrogens (tertiary/aromatic N) is 2. The lowest BCUT2D eigenvalue weighted by molar-refractivity contribution is -0.0872. The summed E-state index contributed by atoms with van der Waals surface area (Å²) in [6, 6.07) is 73.2. The van der Waals surface area contributed by atoms with E-state index in [9.17, 15) is 0 Å². The molecule has 4 aliphatic rings. The standard InChI is InChI=1S/C68H60N2O2/c1-65-37-17-19-39-67(65,71-3)59-41-47(29-35-61(59)69(65)49-25-13-7-14-26-49)57-43-55(45-21-9-5-10-22-45)51-32-34-54-58(44-56(46-23-11-6-12-24-46)52-31-33-53(57)63(51)64(52)54)48-30-36-62-60(42-48)68(72-4)40-20-18-38-66(68,2)70(62)50-27-15-8-16-28-50/h5-16,21-36,41-44H,17-20,37-40H2,1-4H3. The van der Waals surface area contributed by atoms with E-state index in [0.29, 0.717) is 0 Å². The van der Waals surface area contributed by atoms with Crippen molar-refractivity contribution in [3.63, 3.8) is 0 Å². The molecule has 0 spiro atoms. The minimum absolute atomic E-state index is 0.236. The third-order valence-corrected chi connectivity index (χ3v) is 18.4. The Hall–Kier alpha value is -7.24. The zero-order valence-electron chi connectivity index (χ0n) is 41.8. The van der Waals surface area contributed by atoms with E-state index in [2.05, 4.69) is 218 Å². The van der Waals surface area contributed by atoms with Gasteiger partial charge in [-0.3, -0.25) is 0 Å². The summed E-state index contributed by atoms with van der Waals surface area (Å²) in [5.41, 5.74) is 16.0. The maximum absolute atomic E-state index is 6.91. The van der Waals surface area contributed by atoms with Gasteiger partial charge >= 0.3 is 0 Å². The fourth-order valence-electron chi connectivity index (χ4n) is 15.1. The molecule has 10 aromatic carbocycles. The molecule has 14 rings (SSSR count). The monoisotopic (exact) mass is 936 g/mol. The third-order valence-electron chi connectivity index (χ3n) is 18.4. The number of benzene rings is 10. The molecule has 4 nitrogen and oxygen atoms in total.